The summed E-state index contributed by atoms with van der Waals surface area (Å²) in [5.74, 6) is -0.818. The van der Waals surface area contributed by atoms with Gasteiger partial charge < -0.3 is 5.73 Å². The topological polar surface area (TPSA) is 58.4 Å². The Bertz CT molecular complexity index is 425. The Morgan fingerprint density at radius 2 is 2.29 bits per heavy atom. The monoisotopic (exact) mass is 255 g/mol. The van der Waals surface area contributed by atoms with Gasteiger partial charge in [0.1, 0.15) is 5.82 Å². The summed E-state index contributed by atoms with van der Waals surface area (Å²) in [6.07, 6.45) is 0.733. The SMILES string of the molecule is CCCN(NC(N)=S)C(=O)c1cccc(F)c1. The molecule has 0 atom stereocenters. The van der Waals surface area contributed by atoms with Crippen LogP contribution in [0.3, 0.4) is 0 Å². The van der Waals surface area contributed by atoms with Gasteiger partial charge in [-0.1, -0.05) is 13.0 Å². The predicted octanol–water partition coefficient (Wildman–Crippen LogP) is 1.43. The van der Waals surface area contributed by atoms with Crippen molar-refractivity contribution in [2.75, 3.05) is 6.54 Å². The number of halogens is 1. The fourth-order valence-corrected chi connectivity index (χ4v) is 1.45. The van der Waals surface area contributed by atoms with Crippen LogP contribution in [-0.2, 0) is 0 Å². The fraction of sp³-hybridized carbons (Fsp3) is 0.273. The van der Waals surface area contributed by atoms with Gasteiger partial charge in [-0.25, -0.2) is 4.39 Å². The molecule has 0 aliphatic rings. The molecule has 1 rings (SSSR count). The molecule has 1 amide bonds. The van der Waals surface area contributed by atoms with E-state index in [0.29, 0.717) is 6.54 Å². The van der Waals surface area contributed by atoms with Crippen molar-refractivity contribution >= 4 is 23.2 Å². The fourth-order valence-electron chi connectivity index (χ4n) is 1.34. The molecule has 3 N–H and O–H groups in total. The molecule has 0 aliphatic carbocycles. The zero-order chi connectivity index (χ0) is 12.8. The molecule has 0 spiro atoms. The Kier molecular flexibility index (Phi) is 4.84. The number of hydrogen-bond acceptors (Lipinski definition) is 2. The molecule has 0 saturated carbocycles. The van der Waals surface area contributed by atoms with Gasteiger partial charge in [0.25, 0.3) is 5.91 Å². The van der Waals surface area contributed by atoms with Crippen LogP contribution in [-0.4, -0.2) is 22.6 Å². The van der Waals surface area contributed by atoms with Crippen LogP contribution in [0.4, 0.5) is 4.39 Å². The van der Waals surface area contributed by atoms with E-state index in [1.54, 1.807) is 0 Å². The van der Waals surface area contributed by atoms with Gasteiger partial charge in [-0.3, -0.25) is 15.2 Å². The van der Waals surface area contributed by atoms with Gasteiger partial charge in [0.2, 0.25) is 0 Å². The maximum absolute atomic E-state index is 13.0. The van der Waals surface area contributed by atoms with Crippen molar-refractivity contribution in [3.8, 4) is 0 Å². The van der Waals surface area contributed by atoms with Gasteiger partial charge >= 0.3 is 0 Å². The number of hydrogen-bond donors (Lipinski definition) is 2. The summed E-state index contributed by atoms with van der Waals surface area (Å²) in [6, 6.07) is 5.47. The van der Waals surface area contributed by atoms with Crippen molar-refractivity contribution in [1.82, 2.24) is 10.4 Å². The van der Waals surface area contributed by atoms with Crippen molar-refractivity contribution in [3.05, 3.63) is 35.6 Å². The molecule has 0 heterocycles. The van der Waals surface area contributed by atoms with Crippen LogP contribution in [0.5, 0.6) is 0 Å². The predicted molar refractivity (Wildman–Crippen MR) is 67.6 cm³/mol. The van der Waals surface area contributed by atoms with Crippen molar-refractivity contribution in [2.24, 2.45) is 5.73 Å². The second-order valence-electron chi connectivity index (χ2n) is 3.44. The van der Waals surface area contributed by atoms with Gasteiger partial charge in [-0.2, -0.15) is 0 Å². The van der Waals surface area contributed by atoms with E-state index in [1.165, 1.54) is 29.3 Å². The highest BCUT2D eigenvalue weighted by Gasteiger charge is 2.15. The molecule has 4 nitrogen and oxygen atoms in total. The standard InChI is InChI=1S/C11H14FN3OS/c1-2-6-15(14-11(13)17)10(16)8-4-3-5-9(12)7-8/h3-5,7H,2,6H2,1H3,(H3,13,14,17). The van der Waals surface area contributed by atoms with E-state index in [2.05, 4.69) is 17.6 Å². The van der Waals surface area contributed by atoms with Crippen LogP contribution in [0.2, 0.25) is 0 Å². The number of thiocarbonyl (C=S) groups is 1. The van der Waals surface area contributed by atoms with E-state index in [1.807, 2.05) is 6.92 Å². The molecule has 0 fully saturated rings. The zero-order valence-corrected chi connectivity index (χ0v) is 10.3. The second kappa shape index (κ2) is 6.15. The van der Waals surface area contributed by atoms with Crippen LogP contribution >= 0.6 is 12.2 Å². The first-order valence-electron chi connectivity index (χ1n) is 5.18. The van der Waals surface area contributed by atoms with Gasteiger partial charge in [0, 0.05) is 12.1 Å². The first-order valence-corrected chi connectivity index (χ1v) is 5.59. The van der Waals surface area contributed by atoms with E-state index >= 15 is 0 Å². The molecule has 0 aromatic heterocycles. The first kappa shape index (κ1) is 13.4. The van der Waals surface area contributed by atoms with Gasteiger partial charge in [0.15, 0.2) is 5.11 Å². The number of nitrogens with one attached hydrogen (secondary N) is 1. The summed E-state index contributed by atoms with van der Waals surface area (Å²) in [6.45, 7) is 2.35. The van der Waals surface area contributed by atoms with E-state index in [9.17, 15) is 9.18 Å². The van der Waals surface area contributed by atoms with Gasteiger partial charge in [-0.05, 0) is 36.8 Å². The van der Waals surface area contributed by atoms with Crippen LogP contribution in [0.25, 0.3) is 0 Å². The lowest BCUT2D eigenvalue weighted by molar-refractivity contribution is 0.0710. The Morgan fingerprint density at radius 1 is 1.59 bits per heavy atom. The molecule has 0 aliphatic heterocycles. The zero-order valence-electron chi connectivity index (χ0n) is 9.44. The molecule has 0 radical (unpaired) electrons. The number of benzene rings is 1. The third kappa shape index (κ3) is 3.99. The molecule has 17 heavy (non-hydrogen) atoms. The summed E-state index contributed by atoms with van der Waals surface area (Å²) in [4.78, 5) is 12.0. The maximum Gasteiger partial charge on any atom is 0.272 e. The largest absolute Gasteiger partial charge is 0.375 e. The van der Waals surface area contributed by atoms with E-state index < -0.39 is 5.82 Å². The Balaban J connectivity index is 2.87. The second-order valence-corrected chi connectivity index (χ2v) is 3.88. The molecule has 92 valence electrons. The minimum atomic E-state index is -0.456. The number of nitrogens with two attached hydrogens (primary N) is 1. The highest BCUT2D eigenvalue weighted by Crippen LogP contribution is 2.06. The number of hydrazine groups is 1. The van der Waals surface area contributed by atoms with E-state index in [-0.39, 0.29) is 16.6 Å². The highest BCUT2D eigenvalue weighted by molar-refractivity contribution is 7.80. The normalized spacial score (nSPS) is 9.76. The van der Waals surface area contributed by atoms with Crippen molar-refractivity contribution in [3.63, 3.8) is 0 Å². The van der Waals surface area contributed by atoms with Crippen LogP contribution in [0.15, 0.2) is 24.3 Å². The van der Waals surface area contributed by atoms with Crippen molar-refractivity contribution in [1.29, 1.82) is 0 Å². The third-order valence-corrected chi connectivity index (χ3v) is 2.10. The lowest BCUT2D eigenvalue weighted by Crippen LogP contribution is -2.48. The number of amides is 1. The smallest absolute Gasteiger partial charge is 0.272 e. The molecular weight excluding hydrogens is 241 g/mol. The maximum atomic E-state index is 13.0. The average molecular weight is 255 g/mol. The lowest BCUT2D eigenvalue weighted by Gasteiger charge is -2.22. The van der Waals surface area contributed by atoms with Crippen molar-refractivity contribution < 1.29 is 9.18 Å². The molecule has 1 aromatic carbocycles. The number of nitrogens with zero attached hydrogens (tertiary/aromatic N) is 1. The third-order valence-electron chi connectivity index (χ3n) is 2.01. The summed E-state index contributed by atoms with van der Waals surface area (Å²) in [7, 11) is 0. The summed E-state index contributed by atoms with van der Waals surface area (Å²) in [5.41, 5.74) is 8.14. The summed E-state index contributed by atoms with van der Waals surface area (Å²) in [5, 5.41) is 1.28. The molecular formula is C11H14FN3OS. The molecule has 0 unspecified atom stereocenters. The minimum absolute atomic E-state index is 0.00297. The van der Waals surface area contributed by atoms with Gasteiger partial charge in [0.05, 0.1) is 0 Å². The van der Waals surface area contributed by atoms with Crippen LogP contribution < -0.4 is 11.2 Å². The molecule has 1 aromatic rings. The van der Waals surface area contributed by atoms with Crippen molar-refractivity contribution in [2.45, 2.75) is 13.3 Å². The van der Waals surface area contributed by atoms with E-state index in [4.69, 9.17) is 5.73 Å². The molecule has 0 bridgehead atoms. The Hall–Kier alpha value is -1.69. The number of carbonyl (C=O) groups is 1. The minimum Gasteiger partial charge on any atom is -0.375 e. The van der Waals surface area contributed by atoms with Gasteiger partial charge in [-0.15, -0.1) is 0 Å². The van der Waals surface area contributed by atoms with Crippen LogP contribution in [0, 0.1) is 5.82 Å². The quantitative estimate of drug-likeness (QED) is 0.633. The number of carbonyl (C=O) groups excluding carboxylic acids is 1. The number of rotatable bonds is 3. The summed E-state index contributed by atoms with van der Waals surface area (Å²) >= 11 is 4.68. The van der Waals surface area contributed by atoms with E-state index in [0.717, 1.165) is 6.42 Å². The van der Waals surface area contributed by atoms with Crippen LogP contribution in [0.1, 0.15) is 23.7 Å². The average Bonchev–Trinajstić information content (AvgIpc) is 2.27. The Labute approximate surface area is 105 Å². The molecule has 0 saturated heterocycles. The highest BCUT2D eigenvalue weighted by atomic mass is 32.1. The molecule has 6 heteroatoms. The lowest BCUT2D eigenvalue weighted by atomic mass is 10.2. The Morgan fingerprint density at radius 3 is 2.82 bits per heavy atom. The summed E-state index contributed by atoms with van der Waals surface area (Å²) < 4.78 is 13.0. The first-order chi connectivity index (χ1) is 8.04.